The maximum Gasteiger partial charge on any atom is 0.265 e. The number of anilines is 1. The van der Waals surface area contributed by atoms with Crippen LogP contribution in [0, 0.1) is 5.82 Å². The van der Waals surface area contributed by atoms with Crippen molar-refractivity contribution in [1.29, 1.82) is 0 Å². The van der Waals surface area contributed by atoms with E-state index in [4.69, 9.17) is 14.2 Å². The molecule has 30 heavy (non-hydrogen) atoms. The first kappa shape index (κ1) is 20.4. The third kappa shape index (κ3) is 4.05. The van der Waals surface area contributed by atoms with E-state index in [-0.39, 0.29) is 16.3 Å². The molecule has 0 radical (unpaired) electrons. The van der Waals surface area contributed by atoms with Crippen molar-refractivity contribution in [2.75, 3.05) is 50.4 Å². The third-order valence-electron chi connectivity index (χ3n) is 4.87. The maximum absolute atomic E-state index is 14.6. The molecule has 2 aromatic rings. The van der Waals surface area contributed by atoms with E-state index in [1.165, 1.54) is 41.3 Å². The van der Waals surface area contributed by atoms with Gasteiger partial charge in [0.1, 0.15) is 25.6 Å². The fourth-order valence-electron chi connectivity index (χ4n) is 3.30. The second-order valence-corrected chi connectivity index (χ2v) is 8.62. The first-order chi connectivity index (χ1) is 14.5. The van der Waals surface area contributed by atoms with Gasteiger partial charge in [0, 0.05) is 19.2 Å². The summed E-state index contributed by atoms with van der Waals surface area (Å²) in [5.41, 5.74) is -0.200. The summed E-state index contributed by atoms with van der Waals surface area (Å²) in [5.74, 6) is -0.451. The highest BCUT2D eigenvalue weighted by molar-refractivity contribution is 7.92. The predicted octanol–water partition coefficient (Wildman–Crippen LogP) is 1.65. The molecule has 1 saturated heterocycles. The molecule has 2 heterocycles. The number of nitrogens with zero attached hydrogens (tertiary/aromatic N) is 2. The molecule has 0 spiro atoms. The molecular weight excluding hydrogens is 415 g/mol. The first-order valence-corrected chi connectivity index (χ1v) is 10.9. The van der Waals surface area contributed by atoms with Crippen LogP contribution >= 0.6 is 0 Å². The van der Waals surface area contributed by atoms with Crippen LogP contribution in [0.5, 0.6) is 11.5 Å². The average Bonchev–Trinajstić information content (AvgIpc) is 2.78. The molecule has 0 aromatic heterocycles. The van der Waals surface area contributed by atoms with Crippen LogP contribution in [0.1, 0.15) is 0 Å². The number of carbonyl (C=O) groups is 1. The highest BCUT2D eigenvalue weighted by Crippen LogP contribution is 2.34. The Morgan fingerprint density at radius 2 is 1.70 bits per heavy atom. The standard InChI is InChI=1S/C20H21FN2O6S/c21-16-3-1-2-4-17(16)23(14-20(24)22-7-9-27-10-8-22)30(25,26)15-5-6-18-19(13-15)29-12-11-28-18/h1-6,13H,7-12,14H2. The Balaban J connectivity index is 1.71. The fourth-order valence-corrected chi connectivity index (χ4v) is 4.74. The van der Waals surface area contributed by atoms with Crippen molar-refractivity contribution in [1.82, 2.24) is 4.90 Å². The van der Waals surface area contributed by atoms with Gasteiger partial charge >= 0.3 is 0 Å². The minimum Gasteiger partial charge on any atom is -0.486 e. The summed E-state index contributed by atoms with van der Waals surface area (Å²) in [7, 11) is -4.26. The summed E-state index contributed by atoms with van der Waals surface area (Å²) in [6.45, 7) is 1.60. The van der Waals surface area contributed by atoms with E-state index in [9.17, 15) is 17.6 Å². The van der Waals surface area contributed by atoms with E-state index in [0.717, 1.165) is 10.4 Å². The molecule has 1 amide bonds. The number of ether oxygens (including phenoxy) is 3. The van der Waals surface area contributed by atoms with Crippen LogP contribution in [-0.2, 0) is 19.6 Å². The lowest BCUT2D eigenvalue weighted by Crippen LogP contribution is -2.47. The number of halogens is 1. The molecule has 10 heteroatoms. The lowest BCUT2D eigenvalue weighted by atomic mass is 10.3. The Hall–Kier alpha value is -2.85. The number of hydrogen-bond acceptors (Lipinski definition) is 6. The van der Waals surface area contributed by atoms with Crippen LogP contribution in [0.25, 0.3) is 0 Å². The second kappa shape index (κ2) is 8.49. The van der Waals surface area contributed by atoms with Gasteiger partial charge in [0.2, 0.25) is 5.91 Å². The van der Waals surface area contributed by atoms with Crippen molar-refractivity contribution in [2.24, 2.45) is 0 Å². The number of morpholine rings is 1. The molecule has 4 rings (SSSR count). The lowest BCUT2D eigenvalue weighted by molar-refractivity contribution is -0.133. The monoisotopic (exact) mass is 436 g/mol. The van der Waals surface area contributed by atoms with E-state index in [1.807, 2.05) is 0 Å². The van der Waals surface area contributed by atoms with Gasteiger partial charge in [-0.05, 0) is 24.3 Å². The van der Waals surface area contributed by atoms with Gasteiger partial charge in [-0.3, -0.25) is 9.10 Å². The van der Waals surface area contributed by atoms with Crippen molar-refractivity contribution in [2.45, 2.75) is 4.90 Å². The molecule has 8 nitrogen and oxygen atoms in total. The summed E-state index contributed by atoms with van der Waals surface area (Å²) in [5, 5.41) is 0. The minimum atomic E-state index is -4.26. The summed E-state index contributed by atoms with van der Waals surface area (Å²) in [6, 6.07) is 9.64. The molecule has 0 saturated carbocycles. The van der Waals surface area contributed by atoms with Gasteiger partial charge in [0.25, 0.3) is 10.0 Å². The van der Waals surface area contributed by atoms with Gasteiger partial charge in [-0.2, -0.15) is 0 Å². The molecule has 160 valence electrons. The van der Waals surface area contributed by atoms with Gasteiger partial charge < -0.3 is 19.1 Å². The summed E-state index contributed by atoms with van der Waals surface area (Å²) >= 11 is 0. The van der Waals surface area contributed by atoms with Gasteiger partial charge in [-0.15, -0.1) is 0 Å². The lowest BCUT2D eigenvalue weighted by Gasteiger charge is -2.31. The first-order valence-electron chi connectivity index (χ1n) is 9.49. The van der Waals surface area contributed by atoms with E-state index >= 15 is 0 Å². The van der Waals surface area contributed by atoms with Crippen molar-refractivity contribution < 1.29 is 31.8 Å². The number of sulfonamides is 1. The van der Waals surface area contributed by atoms with E-state index in [0.29, 0.717) is 45.3 Å². The van der Waals surface area contributed by atoms with Crippen LogP contribution in [0.15, 0.2) is 47.4 Å². The quantitative estimate of drug-likeness (QED) is 0.709. The highest BCUT2D eigenvalue weighted by atomic mass is 32.2. The Kier molecular flexibility index (Phi) is 5.78. The Labute approximate surface area is 173 Å². The summed E-state index contributed by atoms with van der Waals surface area (Å²) < 4.78 is 58.4. The van der Waals surface area contributed by atoms with Gasteiger partial charge in [-0.25, -0.2) is 12.8 Å². The zero-order chi connectivity index (χ0) is 21.1. The van der Waals surface area contributed by atoms with Crippen LogP contribution in [-0.4, -0.2) is 65.3 Å². The molecule has 2 aromatic carbocycles. The molecule has 0 aliphatic carbocycles. The van der Waals surface area contributed by atoms with E-state index in [1.54, 1.807) is 0 Å². The van der Waals surface area contributed by atoms with Crippen molar-refractivity contribution in [3.05, 3.63) is 48.3 Å². The summed E-state index contributed by atoms with van der Waals surface area (Å²) in [4.78, 5) is 14.2. The van der Waals surface area contributed by atoms with Crippen LogP contribution < -0.4 is 13.8 Å². The Bertz CT molecular complexity index is 1040. The number of para-hydroxylation sites is 1. The van der Waals surface area contributed by atoms with E-state index in [2.05, 4.69) is 0 Å². The van der Waals surface area contributed by atoms with Gasteiger partial charge in [0.05, 0.1) is 23.8 Å². The zero-order valence-electron chi connectivity index (χ0n) is 16.1. The van der Waals surface area contributed by atoms with Gasteiger partial charge in [-0.1, -0.05) is 12.1 Å². The van der Waals surface area contributed by atoms with Crippen LogP contribution in [0.4, 0.5) is 10.1 Å². The van der Waals surface area contributed by atoms with E-state index < -0.39 is 28.3 Å². The highest BCUT2D eigenvalue weighted by Gasteiger charge is 2.32. The van der Waals surface area contributed by atoms with Crippen molar-refractivity contribution in [3.8, 4) is 11.5 Å². The SMILES string of the molecule is O=C(CN(c1ccccc1F)S(=O)(=O)c1ccc2c(c1)OCCO2)N1CCOCC1. The zero-order valence-corrected chi connectivity index (χ0v) is 16.9. The van der Waals surface area contributed by atoms with Crippen molar-refractivity contribution >= 4 is 21.6 Å². The molecule has 0 atom stereocenters. The number of fused-ring (bicyclic) bond motifs is 1. The largest absolute Gasteiger partial charge is 0.486 e. The molecule has 2 aliphatic heterocycles. The van der Waals surface area contributed by atoms with Gasteiger partial charge in [0.15, 0.2) is 11.5 Å². The number of amides is 1. The van der Waals surface area contributed by atoms with Crippen LogP contribution in [0.3, 0.4) is 0 Å². The Morgan fingerprint density at radius 1 is 1.00 bits per heavy atom. The molecular formula is C20H21FN2O6S. The summed E-state index contributed by atoms with van der Waals surface area (Å²) in [6.07, 6.45) is 0. The molecule has 0 N–H and O–H groups in total. The fraction of sp³-hybridized carbons (Fsp3) is 0.350. The number of rotatable bonds is 5. The molecule has 0 bridgehead atoms. The minimum absolute atomic E-state index is 0.121. The molecule has 1 fully saturated rings. The van der Waals surface area contributed by atoms with Crippen molar-refractivity contribution in [3.63, 3.8) is 0 Å². The number of benzene rings is 2. The number of carbonyl (C=O) groups excluding carboxylic acids is 1. The molecule has 2 aliphatic rings. The average molecular weight is 436 g/mol. The Morgan fingerprint density at radius 3 is 2.43 bits per heavy atom. The smallest absolute Gasteiger partial charge is 0.265 e. The van der Waals surface area contributed by atoms with Crippen LogP contribution in [0.2, 0.25) is 0 Å². The normalized spacial score (nSPS) is 16.2. The predicted molar refractivity (Wildman–Crippen MR) is 106 cm³/mol. The third-order valence-corrected chi connectivity index (χ3v) is 6.62. The maximum atomic E-state index is 14.6. The topological polar surface area (TPSA) is 85.4 Å². The molecule has 0 unspecified atom stereocenters. The second-order valence-electron chi connectivity index (χ2n) is 6.76. The number of hydrogen-bond donors (Lipinski definition) is 0.